The zero-order chi connectivity index (χ0) is 24.0. The third-order valence-corrected chi connectivity index (χ3v) is 4.37. The Morgan fingerprint density at radius 3 is 2.24 bits per heavy atom. The number of carbonyl (C=O) groups excluding carboxylic acids is 2. The average Bonchev–Trinajstić information content (AvgIpc) is 2.81. The van der Waals surface area contributed by atoms with Gasteiger partial charge in [-0.05, 0) is 48.9 Å². The van der Waals surface area contributed by atoms with Crippen LogP contribution in [-0.4, -0.2) is 21.7 Å². The van der Waals surface area contributed by atoms with Crippen LogP contribution >= 0.6 is 0 Å². The van der Waals surface area contributed by atoms with Crippen molar-refractivity contribution in [1.82, 2.24) is 0 Å². The molecule has 0 saturated heterocycles. The van der Waals surface area contributed by atoms with Crippen molar-refractivity contribution in [3.05, 3.63) is 104 Å². The maximum absolute atomic E-state index is 12.2. The predicted octanol–water partition coefficient (Wildman–Crippen LogP) is 4.92. The van der Waals surface area contributed by atoms with E-state index < -0.39 is 38.7 Å². The summed E-state index contributed by atoms with van der Waals surface area (Å²) in [6.45, 7) is 1.78. The van der Waals surface area contributed by atoms with E-state index in [1.54, 1.807) is 31.2 Å². The molecule has 0 saturated carbocycles. The lowest BCUT2D eigenvalue weighted by molar-refractivity contribution is -0.394. The maximum Gasteiger partial charge on any atom is 0.363 e. The normalized spacial score (nSPS) is 10.6. The molecule has 12 nitrogen and oxygen atoms in total. The van der Waals surface area contributed by atoms with Crippen molar-refractivity contribution in [2.24, 2.45) is 10.2 Å². The fourth-order valence-corrected chi connectivity index (χ4v) is 2.68. The number of carbonyl (C=O) groups is 2. The van der Waals surface area contributed by atoms with Crippen LogP contribution in [0.3, 0.4) is 0 Å². The number of nitrogens with zero attached hydrogens (tertiary/aromatic N) is 4. The highest BCUT2D eigenvalue weighted by molar-refractivity contribution is 5.99. The second-order valence-electron chi connectivity index (χ2n) is 6.57. The largest absolute Gasteiger partial charge is 0.363 e. The number of nitro benzene ring substituents is 2. The van der Waals surface area contributed by atoms with Crippen LogP contribution in [-0.2, 0) is 4.84 Å². The maximum atomic E-state index is 12.2. The molecule has 0 aromatic heterocycles. The second kappa shape index (κ2) is 9.87. The first-order valence-electron chi connectivity index (χ1n) is 9.28. The molecule has 166 valence electrons. The minimum atomic E-state index is -1.04. The number of hydrogen-bond acceptors (Lipinski definition) is 9. The molecule has 1 amide bonds. The smallest absolute Gasteiger partial charge is 0.338 e. The standard InChI is InChI=1S/C21H15N5O7/c1-13-4-2-3-5-17(13)21(28)33-24-15-8-6-14(7-9-15)22-23-20(27)18-11-10-16(25(29)30)12-19(18)26(31)32/h2-12,24H,1H3. The van der Waals surface area contributed by atoms with Gasteiger partial charge < -0.3 is 4.84 Å². The summed E-state index contributed by atoms with van der Waals surface area (Å²) < 4.78 is 0. The monoisotopic (exact) mass is 449 g/mol. The summed E-state index contributed by atoms with van der Waals surface area (Å²) in [6, 6.07) is 15.5. The van der Waals surface area contributed by atoms with E-state index in [0.717, 1.165) is 17.7 Å². The first-order chi connectivity index (χ1) is 15.8. The molecule has 0 unspecified atom stereocenters. The number of aryl methyl sites for hydroxylation is 1. The van der Waals surface area contributed by atoms with Crippen molar-refractivity contribution in [1.29, 1.82) is 0 Å². The van der Waals surface area contributed by atoms with E-state index in [2.05, 4.69) is 15.7 Å². The van der Waals surface area contributed by atoms with Crippen LogP contribution in [0.15, 0.2) is 77.0 Å². The fourth-order valence-electron chi connectivity index (χ4n) is 2.68. The Morgan fingerprint density at radius 1 is 0.909 bits per heavy atom. The minimum Gasteiger partial charge on any atom is -0.338 e. The summed E-state index contributed by atoms with van der Waals surface area (Å²) in [7, 11) is 0. The number of nitro groups is 2. The highest BCUT2D eigenvalue weighted by Crippen LogP contribution is 2.26. The van der Waals surface area contributed by atoms with Gasteiger partial charge in [0.15, 0.2) is 0 Å². The molecule has 0 atom stereocenters. The molecule has 0 heterocycles. The van der Waals surface area contributed by atoms with Crippen molar-refractivity contribution in [3.8, 4) is 0 Å². The number of rotatable bonds is 7. The molecule has 3 rings (SSSR count). The topological polar surface area (TPSA) is 166 Å². The van der Waals surface area contributed by atoms with Crippen LogP contribution in [0.1, 0.15) is 26.3 Å². The minimum absolute atomic E-state index is 0.240. The Hall–Kier alpha value is -5.00. The molecule has 0 fully saturated rings. The number of nitrogens with one attached hydrogen (secondary N) is 1. The first-order valence-corrected chi connectivity index (χ1v) is 9.28. The van der Waals surface area contributed by atoms with Crippen LogP contribution in [0.4, 0.5) is 22.7 Å². The first kappa shape index (κ1) is 22.7. The van der Waals surface area contributed by atoms with Crippen LogP contribution in [0.5, 0.6) is 0 Å². The lowest BCUT2D eigenvalue weighted by atomic mass is 10.1. The molecule has 3 aromatic carbocycles. The molecular weight excluding hydrogens is 434 g/mol. The Morgan fingerprint density at radius 2 is 1.61 bits per heavy atom. The van der Waals surface area contributed by atoms with Gasteiger partial charge in [-0.1, -0.05) is 18.2 Å². The number of non-ortho nitro benzene ring substituents is 1. The summed E-state index contributed by atoms with van der Waals surface area (Å²) in [6.07, 6.45) is 0. The van der Waals surface area contributed by atoms with Crippen molar-refractivity contribution in [2.75, 3.05) is 5.48 Å². The van der Waals surface area contributed by atoms with Gasteiger partial charge in [0.2, 0.25) is 0 Å². The van der Waals surface area contributed by atoms with Crippen molar-refractivity contribution >= 4 is 34.6 Å². The number of anilines is 1. The Kier molecular flexibility index (Phi) is 6.78. The molecule has 0 aliphatic rings. The number of benzene rings is 3. The van der Waals surface area contributed by atoms with Gasteiger partial charge in [-0.3, -0.25) is 25.0 Å². The highest BCUT2D eigenvalue weighted by atomic mass is 16.7. The van der Waals surface area contributed by atoms with E-state index in [1.165, 1.54) is 24.3 Å². The Bertz CT molecular complexity index is 1270. The molecular formula is C21H15N5O7. The van der Waals surface area contributed by atoms with Crippen LogP contribution < -0.4 is 5.48 Å². The third-order valence-electron chi connectivity index (χ3n) is 4.37. The molecule has 0 aliphatic heterocycles. The Labute approximate surface area is 185 Å². The third kappa shape index (κ3) is 5.58. The summed E-state index contributed by atoms with van der Waals surface area (Å²) >= 11 is 0. The number of azo groups is 1. The lowest BCUT2D eigenvalue weighted by Crippen LogP contribution is -2.11. The molecule has 33 heavy (non-hydrogen) atoms. The SMILES string of the molecule is Cc1ccccc1C(=O)ONc1ccc(N=NC(=O)c2ccc([N+](=O)[O-])cc2[N+](=O)[O-])cc1. The van der Waals surface area contributed by atoms with Gasteiger partial charge >= 0.3 is 11.9 Å². The molecule has 0 spiro atoms. The van der Waals surface area contributed by atoms with Gasteiger partial charge in [-0.2, -0.15) is 0 Å². The van der Waals surface area contributed by atoms with E-state index in [9.17, 15) is 29.8 Å². The van der Waals surface area contributed by atoms with E-state index in [0.29, 0.717) is 17.3 Å². The molecule has 1 N–H and O–H groups in total. The van der Waals surface area contributed by atoms with Crippen molar-refractivity contribution < 1.29 is 24.3 Å². The second-order valence-corrected chi connectivity index (χ2v) is 6.57. The van der Waals surface area contributed by atoms with E-state index in [-0.39, 0.29) is 5.69 Å². The van der Waals surface area contributed by atoms with E-state index >= 15 is 0 Å². The molecule has 0 aliphatic carbocycles. The molecule has 0 bridgehead atoms. The number of hydrogen-bond donors (Lipinski definition) is 1. The van der Waals surface area contributed by atoms with Gasteiger partial charge in [0, 0.05) is 6.07 Å². The summed E-state index contributed by atoms with van der Waals surface area (Å²) in [5.41, 5.74) is 2.63. The van der Waals surface area contributed by atoms with Crippen LogP contribution in [0, 0.1) is 27.2 Å². The molecule has 3 aromatic rings. The zero-order valence-electron chi connectivity index (χ0n) is 17.0. The van der Waals surface area contributed by atoms with Gasteiger partial charge in [0.05, 0.1) is 32.9 Å². The van der Waals surface area contributed by atoms with Crippen LogP contribution in [0.2, 0.25) is 0 Å². The van der Waals surface area contributed by atoms with Crippen LogP contribution in [0.25, 0.3) is 0 Å². The number of amides is 1. The quantitative estimate of drug-likeness (QED) is 0.301. The fraction of sp³-hybridized carbons (Fsp3) is 0.0476. The summed E-state index contributed by atoms with van der Waals surface area (Å²) in [5.74, 6) is -1.60. The van der Waals surface area contributed by atoms with E-state index in [1.807, 2.05) is 0 Å². The van der Waals surface area contributed by atoms with Gasteiger partial charge in [-0.25, -0.2) is 10.3 Å². The van der Waals surface area contributed by atoms with Crippen molar-refractivity contribution in [2.45, 2.75) is 6.92 Å². The average molecular weight is 449 g/mol. The van der Waals surface area contributed by atoms with Gasteiger partial charge in [0.25, 0.3) is 11.4 Å². The van der Waals surface area contributed by atoms with Gasteiger partial charge in [-0.15, -0.1) is 10.2 Å². The summed E-state index contributed by atoms with van der Waals surface area (Å²) in [5, 5.41) is 29.1. The van der Waals surface area contributed by atoms with Gasteiger partial charge in [0.1, 0.15) is 5.56 Å². The highest BCUT2D eigenvalue weighted by Gasteiger charge is 2.24. The van der Waals surface area contributed by atoms with Crippen molar-refractivity contribution in [3.63, 3.8) is 0 Å². The lowest BCUT2D eigenvalue weighted by Gasteiger charge is -2.08. The predicted molar refractivity (Wildman–Crippen MR) is 115 cm³/mol. The Balaban J connectivity index is 1.66. The molecule has 0 radical (unpaired) electrons. The molecule has 12 heteroatoms. The zero-order valence-corrected chi connectivity index (χ0v) is 17.0. The summed E-state index contributed by atoms with van der Waals surface area (Å²) in [4.78, 5) is 49.6. The van der Waals surface area contributed by atoms with E-state index in [4.69, 9.17) is 4.84 Å².